The number of hydrogen-bond donors (Lipinski definition) is 0. The molecule has 4 rings (SSSR count). The molecule has 0 saturated heterocycles. The van der Waals surface area contributed by atoms with E-state index in [-0.39, 0.29) is 0 Å². The van der Waals surface area contributed by atoms with Gasteiger partial charge in [-0.15, -0.1) is 0 Å². The van der Waals surface area contributed by atoms with Gasteiger partial charge in [-0.3, -0.25) is 4.98 Å². The zero-order chi connectivity index (χ0) is 21.1. The zero-order valence-corrected chi connectivity index (χ0v) is 17.6. The van der Waals surface area contributed by atoms with Gasteiger partial charge in [0.05, 0.1) is 12.3 Å². The van der Waals surface area contributed by atoms with Crippen molar-refractivity contribution in [3.05, 3.63) is 71.4 Å². The Kier molecular flexibility index (Phi) is 6.12. The summed E-state index contributed by atoms with van der Waals surface area (Å²) in [5.41, 5.74) is 5.03. The molecular formula is C26H27F2NO. The Balaban J connectivity index is 1.59. The molecule has 0 unspecified atom stereocenters. The molecule has 156 valence electrons. The summed E-state index contributed by atoms with van der Waals surface area (Å²) in [6.45, 7) is 4.91. The van der Waals surface area contributed by atoms with Crippen LogP contribution in [0.4, 0.5) is 8.78 Å². The van der Waals surface area contributed by atoms with E-state index in [0.717, 1.165) is 40.7 Å². The summed E-state index contributed by atoms with van der Waals surface area (Å²) in [6, 6.07) is 11.5. The van der Waals surface area contributed by atoms with Gasteiger partial charge in [0.15, 0.2) is 0 Å². The van der Waals surface area contributed by atoms with Crippen LogP contribution in [0.5, 0.6) is 5.75 Å². The molecule has 1 saturated carbocycles. The molecule has 0 spiro atoms. The molecule has 1 aromatic heterocycles. The fraction of sp³-hybridized carbons (Fsp3) is 0.346. The van der Waals surface area contributed by atoms with Gasteiger partial charge in [-0.25, -0.2) is 8.78 Å². The molecule has 2 nitrogen and oxygen atoms in total. The maximum Gasteiger partial charge on any atom is 0.135 e. The summed E-state index contributed by atoms with van der Waals surface area (Å²) < 4.78 is 33.6. The predicted octanol–water partition coefficient (Wildman–Crippen LogP) is 7.27. The largest absolute Gasteiger partial charge is 0.493 e. The Morgan fingerprint density at radius 1 is 0.933 bits per heavy atom. The Bertz CT molecular complexity index is 1020. The van der Waals surface area contributed by atoms with Crippen molar-refractivity contribution in [2.24, 2.45) is 5.92 Å². The summed E-state index contributed by atoms with van der Waals surface area (Å²) in [4.78, 5) is 4.30. The lowest BCUT2D eigenvalue weighted by molar-refractivity contribution is 0.208. The Morgan fingerprint density at radius 2 is 1.67 bits per heavy atom. The number of benzene rings is 2. The normalized spacial score (nSPS) is 14.7. The number of nitrogens with zero attached hydrogens (tertiary/aromatic N) is 1. The van der Waals surface area contributed by atoms with Gasteiger partial charge in [0, 0.05) is 17.8 Å². The van der Waals surface area contributed by atoms with E-state index in [9.17, 15) is 8.78 Å². The number of aryl methyl sites for hydroxylation is 2. The summed E-state index contributed by atoms with van der Waals surface area (Å²) in [5, 5.41) is 0. The van der Waals surface area contributed by atoms with Crippen LogP contribution in [0, 0.1) is 31.4 Å². The fourth-order valence-electron chi connectivity index (χ4n) is 4.46. The van der Waals surface area contributed by atoms with Crippen LogP contribution >= 0.6 is 0 Å². The third kappa shape index (κ3) is 4.53. The maximum atomic E-state index is 14.2. The average molecular weight is 408 g/mol. The van der Waals surface area contributed by atoms with Gasteiger partial charge in [-0.2, -0.15) is 0 Å². The van der Waals surface area contributed by atoms with Gasteiger partial charge in [-0.05, 0) is 91.3 Å². The average Bonchev–Trinajstić information content (AvgIpc) is 2.73. The summed E-state index contributed by atoms with van der Waals surface area (Å²) in [6.07, 6.45) is 8.15. The van der Waals surface area contributed by atoms with E-state index in [1.54, 1.807) is 6.20 Å². The Hall–Kier alpha value is -2.75. The van der Waals surface area contributed by atoms with Gasteiger partial charge in [0.2, 0.25) is 0 Å². The lowest BCUT2D eigenvalue weighted by Crippen LogP contribution is -2.15. The van der Waals surface area contributed by atoms with E-state index in [1.807, 2.05) is 12.1 Å². The number of ether oxygens (including phenoxy) is 1. The van der Waals surface area contributed by atoms with Crippen LogP contribution in [0.1, 0.15) is 43.2 Å². The van der Waals surface area contributed by atoms with E-state index in [2.05, 4.69) is 31.0 Å². The van der Waals surface area contributed by atoms with E-state index in [4.69, 9.17) is 4.74 Å². The minimum atomic E-state index is -0.612. The molecule has 2 aromatic carbocycles. The first-order valence-electron chi connectivity index (χ1n) is 10.7. The highest BCUT2D eigenvalue weighted by molar-refractivity contribution is 5.75. The molecule has 0 atom stereocenters. The molecule has 1 heterocycles. The molecule has 1 aliphatic rings. The van der Waals surface area contributed by atoms with Crippen LogP contribution in [-0.2, 0) is 0 Å². The molecule has 30 heavy (non-hydrogen) atoms. The molecule has 0 amide bonds. The van der Waals surface area contributed by atoms with Crippen molar-refractivity contribution in [2.75, 3.05) is 6.61 Å². The van der Waals surface area contributed by atoms with Crippen molar-refractivity contribution in [1.82, 2.24) is 4.98 Å². The van der Waals surface area contributed by atoms with Crippen LogP contribution in [0.3, 0.4) is 0 Å². The van der Waals surface area contributed by atoms with Crippen molar-refractivity contribution in [1.29, 1.82) is 0 Å². The van der Waals surface area contributed by atoms with Crippen LogP contribution < -0.4 is 4.74 Å². The molecule has 0 aliphatic heterocycles. The Morgan fingerprint density at radius 3 is 2.37 bits per heavy atom. The zero-order valence-electron chi connectivity index (χ0n) is 17.6. The third-order valence-electron chi connectivity index (χ3n) is 5.97. The van der Waals surface area contributed by atoms with Crippen molar-refractivity contribution in [3.63, 3.8) is 0 Å². The SMILES string of the molecule is Cc1cc(OCC2CCCCC2)cc(C)c1-c1ccnc(-c2ccc(F)cc2F)c1. The van der Waals surface area contributed by atoms with Crippen LogP contribution in [0.2, 0.25) is 0 Å². The first-order valence-corrected chi connectivity index (χ1v) is 10.7. The van der Waals surface area contributed by atoms with Crippen molar-refractivity contribution >= 4 is 0 Å². The molecule has 4 heteroatoms. The molecule has 0 radical (unpaired) electrons. The molecule has 1 aliphatic carbocycles. The second kappa shape index (κ2) is 8.95. The summed E-state index contributed by atoms with van der Waals surface area (Å²) in [5.74, 6) is 0.355. The second-order valence-corrected chi connectivity index (χ2v) is 8.30. The highest BCUT2D eigenvalue weighted by Gasteiger charge is 2.16. The lowest BCUT2D eigenvalue weighted by Gasteiger charge is -2.22. The number of hydrogen-bond acceptors (Lipinski definition) is 2. The smallest absolute Gasteiger partial charge is 0.135 e. The molecule has 3 aromatic rings. The standard InChI is InChI=1S/C26H27F2NO/c1-17-12-22(30-16-19-6-4-3-5-7-19)13-18(2)26(17)20-10-11-29-25(14-20)23-9-8-21(27)15-24(23)28/h8-15,19H,3-7,16H2,1-2H3. The van der Waals surface area contributed by atoms with Crippen molar-refractivity contribution in [3.8, 4) is 28.1 Å². The quantitative estimate of drug-likeness (QED) is 0.444. The summed E-state index contributed by atoms with van der Waals surface area (Å²) in [7, 11) is 0. The van der Waals surface area contributed by atoms with E-state index >= 15 is 0 Å². The third-order valence-corrected chi connectivity index (χ3v) is 5.97. The van der Waals surface area contributed by atoms with Gasteiger partial charge in [-0.1, -0.05) is 19.3 Å². The number of pyridine rings is 1. The molecule has 1 fully saturated rings. The molecule has 0 bridgehead atoms. The molecular weight excluding hydrogens is 380 g/mol. The first kappa shape index (κ1) is 20.5. The van der Waals surface area contributed by atoms with Crippen LogP contribution in [0.25, 0.3) is 22.4 Å². The van der Waals surface area contributed by atoms with Crippen LogP contribution in [-0.4, -0.2) is 11.6 Å². The minimum Gasteiger partial charge on any atom is -0.493 e. The summed E-state index contributed by atoms with van der Waals surface area (Å²) >= 11 is 0. The lowest BCUT2D eigenvalue weighted by atomic mass is 9.90. The highest BCUT2D eigenvalue weighted by atomic mass is 19.1. The first-order chi connectivity index (χ1) is 14.5. The predicted molar refractivity (Wildman–Crippen MR) is 117 cm³/mol. The number of rotatable bonds is 5. The number of halogens is 2. The van der Waals surface area contributed by atoms with E-state index in [1.165, 1.54) is 44.2 Å². The monoisotopic (exact) mass is 407 g/mol. The van der Waals surface area contributed by atoms with E-state index < -0.39 is 11.6 Å². The van der Waals surface area contributed by atoms with Gasteiger partial charge in [0.1, 0.15) is 17.4 Å². The van der Waals surface area contributed by atoms with Crippen LogP contribution in [0.15, 0.2) is 48.7 Å². The maximum absolute atomic E-state index is 14.2. The van der Waals surface area contributed by atoms with Gasteiger partial charge in [0.25, 0.3) is 0 Å². The minimum absolute atomic E-state index is 0.293. The van der Waals surface area contributed by atoms with Crippen molar-refractivity contribution in [2.45, 2.75) is 46.0 Å². The second-order valence-electron chi connectivity index (χ2n) is 8.30. The van der Waals surface area contributed by atoms with E-state index in [0.29, 0.717) is 17.2 Å². The fourth-order valence-corrected chi connectivity index (χ4v) is 4.46. The van der Waals surface area contributed by atoms with Gasteiger partial charge < -0.3 is 4.74 Å². The van der Waals surface area contributed by atoms with Crippen molar-refractivity contribution < 1.29 is 13.5 Å². The van der Waals surface area contributed by atoms with Gasteiger partial charge >= 0.3 is 0 Å². The topological polar surface area (TPSA) is 22.1 Å². The number of aromatic nitrogens is 1. The highest BCUT2D eigenvalue weighted by Crippen LogP contribution is 2.34. The molecule has 0 N–H and O–H groups in total. The Labute approximate surface area is 176 Å².